The van der Waals surface area contributed by atoms with Crippen molar-refractivity contribution in [1.82, 2.24) is 5.32 Å². The van der Waals surface area contributed by atoms with Crippen molar-refractivity contribution in [3.05, 3.63) is 35.4 Å². The van der Waals surface area contributed by atoms with E-state index in [4.69, 9.17) is 9.47 Å². The second kappa shape index (κ2) is 7.25. The van der Waals surface area contributed by atoms with Gasteiger partial charge in [0, 0.05) is 13.2 Å². The lowest BCUT2D eigenvalue weighted by atomic mass is 9.88. The van der Waals surface area contributed by atoms with Gasteiger partial charge in [-0.2, -0.15) is 0 Å². The second-order valence-corrected chi connectivity index (χ2v) is 6.37. The molecule has 0 radical (unpaired) electrons. The third-order valence-electron chi connectivity index (χ3n) is 4.57. The van der Waals surface area contributed by atoms with Gasteiger partial charge in [0.15, 0.2) is 0 Å². The number of hydrogen-bond donors (Lipinski definition) is 1. The summed E-state index contributed by atoms with van der Waals surface area (Å²) in [5.74, 6) is 0.0131. The number of amides is 1. The number of rotatable bonds is 3. The van der Waals surface area contributed by atoms with Crippen molar-refractivity contribution >= 4 is 5.91 Å². The zero-order valence-electron chi connectivity index (χ0n) is 13.2. The highest BCUT2D eigenvalue weighted by Crippen LogP contribution is 2.34. The van der Waals surface area contributed by atoms with Crippen molar-refractivity contribution in [2.45, 2.75) is 44.8 Å². The topological polar surface area (TPSA) is 47.6 Å². The minimum absolute atomic E-state index is 0.0987. The number of aryl methyl sites for hydroxylation is 1. The van der Waals surface area contributed by atoms with Gasteiger partial charge in [-0.25, -0.2) is 0 Å². The molecule has 3 rings (SSSR count). The third kappa shape index (κ3) is 3.68. The summed E-state index contributed by atoms with van der Waals surface area (Å²) in [7, 11) is 0. The lowest BCUT2D eigenvalue weighted by Gasteiger charge is -2.33. The molecule has 2 aliphatic rings. The van der Waals surface area contributed by atoms with Crippen LogP contribution >= 0.6 is 0 Å². The molecular formula is C18H25NO3. The van der Waals surface area contributed by atoms with Crippen LogP contribution in [-0.2, 0) is 14.3 Å². The minimum atomic E-state index is -0.126. The number of nitrogens with one attached hydrogen (secondary N) is 1. The van der Waals surface area contributed by atoms with Crippen LogP contribution in [0, 0.1) is 12.8 Å². The standard InChI is InChI=1S/C18H25NO3/c1-13-6-8-14(9-7-13)17-16(5-3-11-22-17)18(20)19-15-4-2-10-21-12-15/h6-9,15-17H,2-5,10-12H2,1H3,(H,19,20)/t15-,16+,17-/m0/s1. The molecule has 0 spiro atoms. The monoisotopic (exact) mass is 303 g/mol. The Morgan fingerprint density at radius 2 is 1.91 bits per heavy atom. The van der Waals surface area contributed by atoms with Gasteiger partial charge < -0.3 is 14.8 Å². The molecular weight excluding hydrogens is 278 g/mol. The van der Waals surface area contributed by atoms with Crippen LogP contribution in [0.3, 0.4) is 0 Å². The Bertz CT molecular complexity index is 494. The summed E-state index contributed by atoms with van der Waals surface area (Å²) in [5, 5.41) is 3.16. The highest BCUT2D eigenvalue weighted by Gasteiger charge is 2.34. The van der Waals surface area contributed by atoms with Crippen LogP contribution < -0.4 is 5.32 Å². The Labute approximate surface area is 132 Å². The molecule has 0 saturated carbocycles. The smallest absolute Gasteiger partial charge is 0.226 e. The van der Waals surface area contributed by atoms with Crippen molar-refractivity contribution < 1.29 is 14.3 Å². The highest BCUT2D eigenvalue weighted by atomic mass is 16.5. The minimum Gasteiger partial charge on any atom is -0.379 e. The molecule has 2 fully saturated rings. The largest absolute Gasteiger partial charge is 0.379 e. The molecule has 0 unspecified atom stereocenters. The normalized spacial score (nSPS) is 29.0. The predicted octanol–water partition coefficient (Wildman–Crippen LogP) is 2.76. The van der Waals surface area contributed by atoms with Crippen LogP contribution in [0.2, 0.25) is 0 Å². The molecule has 2 heterocycles. The number of carbonyl (C=O) groups is 1. The SMILES string of the molecule is Cc1ccc([C@@H]2OCCC[C@H]2C(=O)N[C@H]2CCCOC2)cc1. The fourth-order valence-corrected chi connectivity index (χ4v) is 3.30. The first kappa shape index (κ1) is 15.5. The van der Waals surface area contributed by atoms with Crippen LogP contribution in [0.25, 0.3) is 0 Å². The summed E-state index contributed by atoms with van der Waals surface area (Å²) in [4.78, 5) is 12.7. The van der Waals surface area contributed by atoms with Gasteiger partial charge in [-0.15, -0.1) is 0 Å². The van der Waals surface area contributed by atoms with Crippen molar-refractivity contribution in [2.24, 2.45) is 5.92 Å². The number of hydrogen-bond acceptors (Lipinski definition) is 3. The molecule has 0 bridgehead atoms. The van der Waals surface area contributed by atoms with Crippen molar-refractivity contribution in [2.75, 3.05) is 19.8 Å². The molecule has 22 heavy (non-hydrogen) atoms. The van der Waals surface area contributed by atoms with E-state index < -0.39 is 0 Å². The maximum atomic E-state index is 12.7. The first-order valence-electron chi connectivity index (χ1n) is 8.30. The van der Waals surface area contributed by atoms with E-state index in [1.54, 1.807) is 0 Å². The average molecular weight is 303 g/mol. The molecule has 0 aromatic heterocycles. The summed E-state index contributed by atoms with van der Waals surface area (Å²) < 4.78 is 11.4. The Morgan fingerprint density at radius 1 is 1.14 bits per heavy atom. The van der Waals surface area contributed by atoms with Gasteiger partial charge in [0.1, 0.15) is 0 Å². The average Bonchev–Trinajstić information content (AvgIpc) is 2.56. The fourth-order valence-electron chi connectivity index (χ4n) is 3.30. The molecule has 2 aliphatic heterocycles. The number of ether oxygens (including phenoxy) is 2. The van der Waals surface area contributed by atoms with E-state index in [2.05, 4.69) is 36.5 Å². The Balaban J connectivity index is 1.68. The summed E-state index contributed by atoms with van der Waals surface area (Å²) in [5.41, 5.74) is 2.32. The summed E-state index contributed by atoms with van der Waals surface area (Å²) in [6.45, 7) is 4.24. The quantitative estimate of drug-likeness (QED) is 0.934. The van der Waals surface area contributed by atoms with Crippen LogP contribution in [0.5, 0.6) is 0 Å². The van der Waals surface area contributed by atoms with E-state index in [0.717, 1.165) is 44.5 Å². The van der Waals surface area contributed by atoms with Gasteiger partial charge >= 0.3 is 0 Å². The molecule has 4 heteroatoms. The van der Waals surface area contributed by atoms with Crippen molar-refractivity contribution in [3.8, 4) is 0 Å². The number of benzene rings is 1. The predicted molar refractivity (Wildman–Crippen MR) is 84.6 cm³/mol. The maximum Gasteiger partial charge on any atom is 0.226 e. The van der Waals surface area contributed by atoms with Gasteiger partial charge in [0.05, 0.1) is 24.7 Å². The Kier molecular flexibility index (Phi) is 5.11. The van der Waals surface area contributed by atoms with Crippen LogP contribution in [0.15, 0.2) is 24.3 Å². The van der Waals surface area contributed by atoms with Crippen LogP contribution in [0.4, 0.5) is 0 Å². The van der Waals surface area contributed by atoms with E-state index in [1.165, 1.54) is 5.56 Å². The van der Waals surface area contributed by atoms with Gasteiger partial charge in [-0.3, -0.25) is 4.79 Å². The lowest BCUT2D eigenvalue weighted by Crippen LogP contribution is -2.45. The molecule has 1 aromatic rings. The molecule has 120 valence electrons. The van der Waals surface area contributed by atoms with Gasteiger partial charge in [0.2, 0.25) is 5.91 Å². The van der Waals surface area contributed by atoms with Crippen molar-refractivity contribution in [3.63, 3.8) is 0 Å². The maximum absolute atomic E-state index is 12.7. The zero-order chi connectivity index (χ0) is 15.4. The number of carbonyl (C=O) groups excluding carboxylic acids is 1. The van der Waals surface area contributed by atoms with E-state index >= 15 is 0 Å². The van der Waals surface area contributed by atoms with Gasteiger partial charge in [-0.1, -0.05) is 29.8 Å². The first-order valence-corrected chi connectivity index (χ1v) is 8.30. The fraction of sp³-hybridized carbons (Fsp3) is 0.611. The molecule has 3 atom stereocenters. The molecule has 1 N–H and O–H groups in total. The lowest BCUT2D eigenvalue weighted by molar-refractivity contribution is -0.136. The summed E-state index contributed by atoms with van der Waals surface area (Å²) >= 11 is 0. The van der Waals surface area contributed by atoms with Crippen molar-refractivity contribution in [1.29, 1.82) is 0 Å². The molecule has 0 aliphatic carbocycles. The molecule has 1 aromatic carbocycles. The Morgan fingerprint density at radius 3 is 2.64 bits per heavy atom. The van der Waals surface area contributed by atoms with Crippen LogP contribution in [-0.4, -0.2) is 31.8 Å². The Hall–Kier alpha value is -1.39. The van der Waals surface area contributed by atoms with Gasteiger partial charge in [0.25, 0.3) is 0 Å². The zero-order valence-corrected chi connectivity index (χ0v) is 13.2. The van der Waals surface area contributed by atoms with E-state index in [-0.39, 0.29) is 24.0 Å². The van der Waals surface area contributed by atoms with E-state index in [1.807, 2.05) is 0 Å². The molecule has 4 nitrogen and oxygen atoms in total. The molecule has 2 saturated heterocycles. The second-order valence-electron chi connectivity index (χ2n) is 6.37. The summed E-state index contributed by atoms with van der Waals surface area (Å²) in [6.07, 6.45) is 3.74. The van der Waals surface area contributed by atoms with Crippen LogP contribution in [0.1, 0.15) is 42.9 Å². The highest BCUT2D eigenvalue weighted by molar-refractivity contribution is 5.80. The third-order valence-corrected chi connectivity index (χ3v) is 4.57. The van der Waals surface area contributed by atoms with Gasteiger partial charge in [-0.05, 0) is 38.2 Å². The first-order chi connectivity index (χ1) is 10.7. The van der Waals surface area contributed by atoms with E-state index in [9.17, 15) is 4.79 Å². The summed E-state index contributed by atoms with van der Waals surface area (Å²) in [6, 6.07) is 8.47. The molecule has 1 amide bonds. The van der Waals surface area contributed by atoms with E-state index in [0.29, 0.717) is 6.61 Å².